The van der Waals surface area contributed by atoms with Gasteiger partial charge in [-0.05, 0) is 69.4 Å². The monoisotopic (exact) mass is 247 g/mol. The molecule has 100 valence electrons. The zero-order chi connectivity index (χ0) is 12.4. The minimum Gasteiger partial charge on any atom is -0.357 e. The summed E-state index contributed by atoms with van der Waals surface area (Å²) in [6, 6.07) is 2.99. The van der Waals surface area contributed by atoms with Crippen molar-refractivity contribution in [1.29, 1.82) is 0 Å². The third-order valence-corrected chi connectivity index (χ3v) is 4.56. The normalized spacial score (nSPS) is 24.5. The Hall–Kier alpha value is -0.800. The van der Waals surface area contributed by atoms with Crippen molar-refractivity contribution in [2.24, 2.45) is 13.0 Å². The summed E-state index contributed by atoms with van der Waals surface area (Å²) in [4.78, 5) is 2.73. The van der Waals surface area contributed by atoms with E-state index in [0.29, 0.717) is 6.04 Å². The molecule has 1 atom stereocenters. The van der Waals surface area contributed by atoms with Crippen molar-refractivity contribution in [1.82, 2.24) is 14.8 Å². The smallest absolute Gasteiger partial charge is 0.0392 e. The summed E-state index contributed by atoms with van der Waals surface area (Å²) in [5.74, 6) is 0.840. The van der Waals surface area contributed by atoms with Crippen molar-refractivity contribution in [3.8, 4) is 0 Å². The lowest BCUT2D eigenvalue weighted by molar-refractivity contribution is 0.148. The Morgan fingerprint density at radius 3 is 2.56 bits per heavy atom. The molecule has 3 heteroatoms. The molecule has 1 unspecified atom stereocenters. The highest BCUT2D eigenvalue weighted by atomic mass is 15.2. The van der Waals surface area contributed by atoms with Crippen molar-refractivity contribution in [3.05, 3.63) is 24.0 Å². The summed E-state index contributed by atoms with van der Waals surface area (Å²) < 4.78 is 2.19. The fraction of sp³-hybridized carbons (Fsp3) is 0.733. The predicted octanol–water partition coefficient (Wildman–Crippen LogP) is 2.16. The summed E-state index contributed by atoms with van der Waals surface area (Å²) in [6.45, 7) is 4.98. The predicted molar refractivity (Wildman–Crippen MR) is 74.6 cm³/mol. The molecule has 0 amide bonds. The molecule has 18 heavy (non-hydrogen) atoms. The molecule has 3 heterocycles. The van der Waals surface area contributed by atoms with Crippen LogP contribution in [0.3, 0.4) is 0 Å². The van der Waals surface area contributed by atoms with Crippen molar-refractivity contribution >= 4 is 0 Å². The largest absolute Gasteiger partial charge is 0.357 e. The summed E-state index contributed by atoms with van der Waals surface area (Å²) >= 11 is 0. The number of nitrogens with one attached hydrogen (secondary N) is 1. The molecule has 0 bridgehead atoms. The van der Waals surface area contributed by atoms with E-state index in [9.17, 15) is 0 Å². The summed E-state index contributed by atoms with van der Waals surface area (Å²) in [5, 5.41) is 3.49. The Balaban J connectivity index is 1.82. The highest BCUT2D eigenvalue weighted by molar-refractivity contribution is 5.17. The summed E-state index contributed by atoms with van der Waals surface area (Å²) in [7, 11) is 2.13. The van der Waals surface area contributed by atoms with E-state index in [1.54, 1.807) is 0 Å². The standard InChI is InChI=1S/C15H25N3/c1-17-11-6-14(12-17)15(18-9-2-3-10-18)13-4-7-16-8-5-13/h6,11-13,15-16H,2-5,7-10H2,1H3. The van der Waals surface area contributed by atoms with Gasteiger partial charge in [-0.2, -0.15) is 0 Å². The topological polar surface area (TPSA) is 20.2 Å². The molecule has 1 aromatic heterocycles. The van der Waals surface area contributed by atoms with Gasteiger partial charge in [-0.15, -0.1) is 0 Å². The maximum Gasteiger partial charge on any atom is 0.0392 e. The second-order valence-corrected chi connectivity index (χ2v) is 5.89. The van der Waals surface area contributed by atoms with Crippen LogP contribution in [0, 0.1) is 5.92 Å². The Bertz CT molecular complexity index is 373. The Labute approximate surface area is 110 Å². The van der Waals surface area contributed by atoms with Crippen LogP contribution in [0.5, 0.6) is 0 Å². The fourth-order valence-corrected chi connectivity index (χ4v) is 3.66. The van der Waals surface area contributed by atoms with E-state index in [4.69, 9.17) is 0 Å². The average molecular weight is 247 g/mol. The average Bonchev–Trinajstić information content (AvgIpc) is 3.04. The molecule has 3 rings (SSSR count). The second kappa shape index (κ2) is 5.45. The van der Waals surface area contributed by atoms with Crippen LogP contribution < -0.4 is 5.32 Å². The van der Waals surface area contributed by atoms with Crippen molar-refractivity contribution < 1.29 is 0 Å². The van der Waals surface area contributed by atoms with Crippen molar-refractivity contribution in [3.63, 3.8) is 0 Å². The van der Waals surface area contributed by atoms with Gasteiger partial charge in [0, 0.05) is 25.5 Å². The van der Waals surface area contributed by atoms with E-state index in [1.807, 2.05) is 0 Å². The molecule has 0 aromatic carbocycles. The van der Waals surface area contributed by atoms with Crippen LogP contribution in [-0.4, -0.2) is 35.6 Å². The molecule has 0 spiro atoms. The first-order valence-corrected chi connectivity index (χ1v) is 7.41. The Morgan fingerprint density at radius 1 is 1.22 bits per heavy atom. The van der Waals surface area contributed by atoms with Crippen molar-refractivity contribution in [2.75, 3.05) is 26.2 Å². The third kappa shape index (κ3) is 2.47. The van der Waals surface area contributed by atoms with Gasteiger partial charge in [-0.3, -0.25) is 4.90 Å². The summed E-state index contributed by atoms with van der Waals surface area (Å²) in [5.41, 5.74) is 1.53. The quantitative estimate of drug-likeness (QED) is 0.883. The molecule has 2 aliphatic rings. The number of likely N-dealkylation sites (tertiary alicyclic amines) is 1. The van der Waals surface area contributed by atoms with E-state index >= 15 is 0 Å². The molecule has 0 saturated carbocycles. The van der Waals surface area contributed by atoms with Gasteiger partial charge in [0.2, 0.25) is 0 Å². The third-order valence-electron chi connectivity index (χ3n) is 4.56. The molecule has 0 radical (unpaired) electrons. The van der Waals surface area contributed by atoms with Gasteiger partial charge in [-0.1, -0.05) is 0 Å². The second-order valence-electron chi connectivity index (χ2n) is 5.89. The van der Waals surface area contributed by atoms with E-state index in [-0.39, 0.29) is 0 Å². The van der Waals surface area contributed by atoms with Crippen LogP contribution in [0.4, 0.5) is 0 Å². The Morgan fingerprint density at radius 2 is 1.94 bits per heavy atom. The van der Waals surface area contributed by atoms with Crippen molar-refractivity contribution in [2.45, 2.75) is 31.7 Å². The maximum absolute atomic E-state index is 3.49. The summed E-state index contributed by atoms with van der Waals surface area (Å²) in [6.07, 6.45) is 9.94. The number of rotatable bonds is 3. The van der Waals surface area contributed by atoms with E-state index < -0.39 is 0 Å². The lowest BCUT2D eigenvalue weighted by Gasteiger charge is -2.36. The fourth-order valence-electron chi connectivity index (χ4n) is 3.66. The van der Waals surface area contributed by atoms with Gasteiger partial charge in [0.05, 0.1) is 0 Å². The number of aryl methyl sites for hydroxylation is 1. The van der Waals surface area contributed by atoms with Gasteiger partial charge in [0.1, 0.15) is 0 Å². The van der Waals surface area contributed by atoms with E-state index in [1.165, 1.54) is 57.4 Å². The molecule has 1 N–H and O–H groups in total. The molecule has 2 aliphatic heterocycles. The first-order chi connectivity index (χ1) is 8.84. The van der Waals surface area contributed by atoms with Gasteiger partial charge >= 0.3 is 0 Å². The number of hydrogen-bond acceptors (Lipinski definition) is 2. The minimum atomic E-state index is 0.663. The Kier molecular flexibility index (Phi) is 3.71. The van der Waals surface area contributed by atoms with Crippen LogP contribution in [0.15, 0.2) is 18.5 Å². The highest BCUT2D eigenvalue weighted by Crippen LogP contribution is 2.36. The van der Waals surface area contributed by atoms with Crippen LogP contribution in [0.1, 0.15) is 37.3 Å². The first-order valence-electron chi connectivity index (χ1n) is 7.41. The number of nitrogens with zero attached hydrogens (tertiary/aromatic N) is 2. The minimum absolute atomic E-state index is 0.663. The number of aromatic nitrogens is 1. The molecule has 2 fully saturated rings. The van der Waals surface area contributed by atoms with Crippen LogP contribution >= 0.6 is 0 Å². The first kappa shape index (κ1) is 12.2. The molecule has 1 aromatic rings. The van der Waals surface area contributed by atoms with Gasteiger partial charge < -0.3 is 9.88 Å². The van der Waals surface area contributed by atoms with Gasteiger partial charge in [0.25, 0.3) is 0 Å². The van der Waals surface area contributed by atoms with Crippen LogP contribution in [0.25, 0.3) is 0 Å². The zero-order valence-electron chi connectivity index (χ0n) is 11.4. The highest BCUT2D eigenvalue weighted by Gasteiger charge is 2.31. The molecule has 0 aliphatic carbocycles. The molecule has 3 nitrogen and oxygen atoms in total. The lowest BCUT2D eigenvalue weighted by Crippen LogP contribution is -2.37. The lowest BCUT2D eigenvalue weighted by atomic mass is 9.86. The van der Waals surface area contributed by atoms with Crippen LogP contribution in [0.2, 0.25) is 0 Å². The maximum atomic E-state index is 3.49. The number of hydrogen-bond donors (Lipinski definition) is 1. The van der Waals surface area contributed by atoms with Gasteiger partial charge in [0.15, 0.2) is 0 Å². The molecular formula is C15H25N3. The van der Waals surface area contributed by atoms with E-state index in [2.05, 4.69) is 40.3 Å². The molecule has 2 saturated heterocycles. The zero-order valence-corrected chi connectivity index (χ0v) is 11.4. The number of piperidine rings is 1. The van der Waals surface area contributed by atoms with E-state index in [0.717, 1.165) is 5.92 Å². The molecular weight excluding hydrogens is 222 g/mol. The SMILES string of the molecule is Cn1ccc(C(C2CCNCC2)N2CCCC2)c1. The van der Waals surface area contributed by atoms with Gasteiger partial charge in [-0.25, -0.2) is 0 Å². The van der Waals surface area contributed by atoms with Crippen LogP contribution in [-0.2, 0) is 7.05 Å².